The highest BCUT2D eigenvalue weighted by Gasteiger charge is 2.40. The molecule has 132 valence electrons. The Balaban J connectivity index is 2.02. The van der Waals surface area contributed by atoms with Crippen molar-refractivity contribution in [3.05, 3.63) is 47.5 Å². The molecule has 2 aromatic carbocycles. The van der Waals surface area contributed by atoms with Crippen molar-refractivity contribution in [3.8, 4) is 22.6 Å². The highest BCUT2D eigenvalue weighted by atomic mass is 16.5. The van der Waals surface area contributed by atoms with Crippen LogP contribution in [-0.4, -0.2) is 25.4 Å². The number of ether oxygens (including phenoxy) is 2. The van der Waals surface area contributed by atoms with Gasteiger partial charge in [0.2, 0.25) is 0 Å². The Bertz CT molecular complexity index is 813. The van der Waals surface area contributed by atoms with Crippen LogP contribution in [-0.2, 0) is 6.42 Å². The van der Waals surface area contributed by atoms with Crippen LogP contribution in [0.15, 0.2) is 36.4 Å². The van der Waals surface area contributed by atoms with Gasteiger partial charge in [0.1, 0.15) is 11.5 Å². The third kappa shape index (κ3) is 3.14. The first-order valence-electron chi connectivity index (χ1n) is 8.20. The van der Waals surface area contributed by atoms with Crippen LogP contribution in [0.5, 0.6) is 11.5 Å². The van der Waals surface area contributed by atoms with Gasteiger partial charge in [0.25, 0.3) is 0 Å². The zero-order valence-electron chi connectivity index (χ0n) is 14.9. The Morgan fingerprint density at radius 2 is 1.92 bits per heavy atom. The van der Waals surface area contributed by atoms with Crippen molar-refractivity contribution in [1.82, 2.24) is 5.32 Å². The lowest BCUT2D eigenvalue weighted by molar-refractivity contribution is 0.175. The number of methoxy groups -OCH3 is 2. The summed E-state index contributed by atoms with van der Waals surface area (Å²) in [5.74, 6) is 1.49. The van der Waals surface area contributed by atoms with E-state index in [-0.39, 0.29) is 11.5 Å². The number of rotatable bonds is 4. The molecule has 25 heavy (non-hydrogen) atoms. The molecule has 0 aliphatic heterocycles. The van der Waals surface area contributed by atoms with E-state index in [1.54, 1.807) is 14.2 Å². The van der Waals surface area contributed by atoms with Gasteiger partial charge < -0.3 is 19.9 Å². The van der Waals surface area contributed by atoms with Gasteiger partial charge in [-0.15, -0.1) is 0 Å². The summed E-state index contributed by atoms with van der Waals surface area (Å²) >= 11 is 0. The number of hydrogen-bond acceptors (Lipinski definition) is 3. The van der Waals surface area contributed by atoms with E-state index in [0.717, 1.165) is 34.6 Å². The number of carboxylic acid groups (broad SMARTS) is 1. The predicted octanol–water partition coefficient (Wildman–Crippen LogP) is 4.26. The molecule has 3 rings (SSSR count). The van der Waals surface area contributed by atoms with Gasteiger partial charge in [-0.2, -0.15) is 0 Å². The van der Waals surface area contributed by atoms with E-state index in [0.29, 0.717) is 0 Å². The van der Waals surface area contributed by atoms with Crippen LogP contribution in [0.2, 0.25) is 0 Å². The highest BCUT2D eigenvalue weighted by Crippen LogP contribution is 2.46. The predicted molar refractivity (Wildman–Crippen MR) is 96.4 cm³/mol. The van der Waals surface area contributed by atoms with Crippen molar-refractivity contribution < 1.29 is 19.4 Å². The standard InChI is InChI=1S/C20H23NO4/c1-20(2)11-13-9-12(5-7-16(13)18(20)21-19(22)23)15-8-6-14(24-3)10-17(15)25-4/h5-10,18,21H,11H2,1-4H3,(H,22,23). The van der Waals surface area contributed by atoms with Gasteiger partial charge in [-0.1, -0.05) is 32.0 Å². The first-order valence-corrected chi connectivity index (χ1v) is 8.20. The fourth-order valence-corrected chi connectivity index (χ4v) is 3.66. The maximum absolute atomic E-state index is 11.1. The molecule has 1 amide bonds. The van der Waals surface area contributed by atoms with Crippen LogP contribution in [0.4, 0.5) is 4.79 Å². The number of fused-ring (bicyclic) bond motifs is 1. The second kappa shape index (κ2) is 6.31. The number of nitrogens with one attached hydrogen (secondary N) is 1. The summed E-state index contributed by atoms with van der Waals surface area (Å²) in [6.45, 7) is 4.17. The van der Waals surface area contributed by atoms with Crippen LogP contribution in [0.1, 0.15) is 31.0 Å². The SMILES string of the molecule is COc1ccc(-c2ccc3c(c2)CC(C)(C)C3NC(=O)O)c(OC)c1. The van der Waals surface area contributed by atoms with Crippen molar-refractivity contribution in [3.63, 3.8) is 0 Å². The summed E-state index contributed by atoms with van der Waals surface area (Å²) < 4.78 is 10.8. The third-order valence-corrected chi connectivity index (χ3v) is 4.87. The van der Waals surface area contributed by atoms with Gasteiger partial charge in [0.05, 0.1) is 20.3 Å². The largest absolute Gasteiger partial charge is 0.497 e. The molecule has 1 aliphatic carbocycles. The lowest BCUT2D eigenvalue weighted by Crippen LogP contribution is -2.34. The van der Waals surface area contributed by atoms with Gasteiger partial charge in [-0.25, -0.2) is 4.79 Å². The number of benzene rings is 2. The minimum absolute atomic E-state index is 0.163. The van der Waals surface area contributed by atoms with E-state index in [1.165, 1.54) is 5.56 Å². The van der Waals surface area contributed by atoms with E-state index in [9.17, 15) is 4.79 Å². The first-order chi connectivity index (χ1) is 11.9. The Morgan fingerprint density at radius 3 is 2.56 bits per heavy atom. The molecule has 1 aliphatic rings. The number of hydrogen-bond donors (Lipinski definition) is 2. The molecule has 5 heteroatoms. The topological polar surface area (TPSA) is 67.8 Å². The zero-order valence-corrected chi connectivity index (χ0v) is 14.9. The van der Waals surface area contributed by atoms with Crippen molar-refractivity contribution in [2.45, 2.75) is 26.3 Å². The highest BCUT2D eigenvalue weighted by molar-refractivity contribution is 5.73. The molecule has 0 saturated heterocycles. The van der Waals surface area contributed by atoms with E-state index >= 15 is 0 Å². The van der Waals surface area contributed by atoms with Crippen LogP contribution >= 0.6 is 0 Å². The Morgan fingerprint density at radius 1 is 1.16 bits per heavy atom. The van der Waals surface area contributed by atoms with E-state index in [4.69, 9.17) is 14.6 Å². The van der Waals surface area contributed by atoms with Crippen LogP contribution in [0.25, 0.3) is 11.1 Å². The van der Waals surface area contributed by atoms with Crippen molar-refractivity contribution >= 4 is 6.09 Å². The minimum Gasteiger partial charge on any atom is -0.497 e. The quantitative estimate of drug-likeness (QED) is 0.872. The minimum atomic E-state index is -0.994. The normalized spacial score (nSPS) is 17.7. The molecule has 0 aromatic heterocycles. The Hall–Kier alpha value is -2.69. The van der Waals surface area contributed by atoms with Gasteiger partial charge in [-0.3, -0.25) is 0 Å². The zero-order chi connectivity index (χ0) is 18.2. The molecule has 0 bridgehead atoms. The molecule has 5 nitrogen and oxygen atoms in total. The van der Waals surface area contributed by atoms with E-state index < -0.39 is 6.09 Å². The Labute approximate surface area is 147 Å². The summed E-state index contributed by atoms with van der Waals surface area (Å²) in [5.41, 5.74) is 4.08. The second-order valence-electron chi connectivity index (χ2n) is 7.03. The fourth-order valence-electron chi connectivity index (χ4n) is 3.66. The molecule has 2 N–H and O–H groups in total. The third-order valence-electron chi connectivity index (χ3n) is 4.87. The summed E-state index contributed by atoms with van der Waals surface area (Å²) in [7, 11) is 3.27. The second-order valence-corrected chi connectivity index (χ2v) is 7.03. The van der Waals surface area contributed by atoms with Gasteiger partial charge >= 0.3 is 6.09 Å². The number of amides is 1. The lowest BCUT2D eigenvalue weighted by Gasteiger charge is -2.27. The van der Waals surface area contributed by atoms with Gasteiger partial charge in [0.15, 0.2) is 0 Å². The fraction of sp³-hybridized carbons (Fsp3) is 0.350. The van der Waals surface area contributed by atoms with Crippen molar-refractivity contribution in [1.29, 1.82) is 0 Å². The number of carbonyl (C=O) groups is 1. The molecular formula is C20H23NO4. The molecule has 0 fully saturated rings. The smallest absolute Gasteiger partial charge is 0.405 e. The molecule has 1 atom stereocenters. The molecule has 0 radical (unpaired) electrons. The molecular weight excluding hydrogens is 318 g/mol. The summed E-state index contributed by atoms with van der Waals surface area (Å²) in [6, 6.07) is 11.7. The van der Waals surface area contributed by atoms with Crippen molar-refractivity contribution in [2.75, 3.05) is 14.2 Å². The Kier molecular flexibility index (Phi) is 4.33. The van der Waals surface area contributed by atoms with Crippen LogP contribution < -0.4 is 14.8 Å². The average Bonchev–Trinajstić information content (AvgIpc) is 2.83. The summed E-state index contributed by atoms with van der Waals surface area (Å²) in [5, 5.41) is 11.8. The molecule has 0 saturated carbocycles. The van der Waals surface area contributed by atoms with Crippen LogP contribution in [0.3, 0.4) is 0 Å². The molecule has 0 heterocycles. The summed E-state index contributed by atoms with van der Waals surface area (Å²) in [4.78, 5) is 11.1. The maximum atomic E-state index is 11.1. The molecule has 0 spiro atoms. The van der Waals surface area contributed by atoms with E-state index in [2.05, 4.69) is 25.2 Å². The van der Waals surface area contributed by atoms with Crippen LogP contribution in [0, 0.1) is 5.41 Å². The van der Waals surface area contributed by atoms with Gasteiger partial charge in [0, 0.05) is 11.6 Å². The van der Waals surface area contributed by atoms with E-state index in [1.807, 2.05) is 30.3 Å². The van der Waals surface area contributed by atoms with Gasteiger partial charge in [-0.05, 0) is 40.7 Å². The monoisotopic (exact) mass is 341 g/mol. The molecule has 2 aromatic rings. The lowest BCUT2D eigenvalue weighted by atomic mass is 9.85. The first kappa shape index (κ1) is 17.1. The maximum Gasteiger partial charge on any atom is 0.405 e. The van der Waals surface area contributed by atoms with Crippen molar-refractivity contribution in [2.24, 2.45) is 5.41 Å². The summed E-state index contributed by atoms with van der Waals surface area (Å²) in [6.07, 6.45) is -0.175. The average molecular weight is 341 g/mol. The molecule has 1 unspecified atom stereocenters.